The molecule has 150 valence electrons. The molecule has 1 aromatic rings. The molecule has 0 aromatic heterocycles. The van der Waals surface area contributed by atoms with Crippen LogP contribution in [0.1, 0.15) is 44.6 Å². The number of carbonyl (C=O) groups is 2. The van der Waals surface area contributed by atoms with E-state index in [2.05, 4.69) is 24.4 Å². The number of alkyl halides is 3. The number of rotatable bonds is 3. The van der Waals surface area contributed by atoms with Gasteiger partial charge in [-0.15, -0.1) is 0 Å². The van der Waals surface area contributed by atoms with Crippen LogP contribution in [-0.2, 0) is 16.1 Å². The number of carboxylic acid groups (broad SMARTS) is 1. The standard InChI is InChI=1S/C17H24N2O.C2HF3O2/c1-2-15-9-11-17(18-15)10-6-12-19(16(17)20)13-14-7-4-3-5-8-14;3-2(4,5)1(6)7/h3-5,7-8,15,18H,2,6,9-13H2,1H3;(H,6,7)/t15-,17+;/m0./s1. The number of aliphatic carboxylic acids is 1. The van der Waals surface area contributed by atoms with Gasteiger partial charge in [-0.2, -0.15) is 13.2 Å². The second kappa shape index (κ2) is 8.73. The summed E-state index contributed by atoms with van der Waals surface area (Å²) in [7, 11) is 0. The lowest BCUT2D eigenvalue weighted by molar-refractivity contribution is -0.192. The van der Waals surface area contributed by atoms with E-state index in [1.54, 1.807) is 0 Å². The Morgan fingerprint density at radius 2 is 1.93 bits per heavy atom. The van der Waals surface area contributed by atoms with Crippen molar-refractivity contribution in [3.63, 3.8) is 0 Å². The number of likely N-dealkylation sites (tertiary alicyclic amines) is 1. The summed E-state index contributed by atoms with van der Waals surface area (Å²) in [5.41, 5.74) is 0.969. The van der Waals surface area contributed by atoms with Gasteiger partial charge in [-0.3, -0.25) is 4.79 Å². The molecule has 0 unspecified atom stereocenters. The van der Waals surface area contributed by atoms with Crippen LogP contribution < -0.4 is 5.32 Å². The van der Waals surface area contributed by atoms with Crippen molar-refractivity contribution in [2.45, 2.75) is 63.3 Å². The molecule has 2 atom stereocenters. The van der Waals surface area contributed by atoms with Crippen molar-refractivity contribution in [3.8, 4) is 0 Å². The monoisotopic (exact) mass is 386 g/mol. The maximum absolute atomic E-state index is 12.9. The Bertz CT molecular complexity index is 651. The fraction of sp³-hybridized carbons (Fsp3) is 0.579. The van der Waals surface area contributed by atoms with E-state index < -0.39 is 12.1 Å². The largest absolute Gasteiger partial charge is 0.490 e. The number of hydrogen-bond acceptors (Lipinski definition) is 3. The average Bonchev–Trinajstić information content (AvgIpc) is 3.04. The van der Waals surface area contributed by atoms with Gasteiger partial charge in [-0.05, 0) is 37.7 Å². The fourth-order valence-corrected chi connectivity index (χ4v) is 3.67. The summed E-state index contributed by atoms with van der Waals surface area (Å²) >= 11 is 0. The first-order chi connectivity index (χ1) is 12.7. The molecule has 2 N–H and O–H groups in total. The van der Waals surface area contributed by atoms with Crippen molar-refractivity contribution in [2.75, 3.05) is 6.54 Å². The van der Waals surface area contributed by atoms with E-state index >= 15 is 0 Å². The third-order valence-corrected chi connectivity index (χ3v) is 5.08. The van der Waals surface area contributed by atoms with Gasteiger partial charge in [0.15, 0.2) is 0 Å². The van der Waals surface area contributed by atoms with Gasteiger partial charge in [-0.1, -0.05) is 37.3 Å². The first-order valence-electron chi connectivity index (χ1n) is 9.09. The van der Waals surface area contributed by atoms with Crippen LogP contribution in [0, 0.1) is 0 Å². The van der Waals surface area contributed by atoms with E-state index in [-0.39, 0.29) is 5.54 Å². The highest BCUT2D eigenvalue weighted by molar-refractivity contribution is 5.87. The zero-order chi connectivity index (χ0) is 20.1. The van der Waals surface area contributed by atoms with Gasteiger partial charge in [0.1, 0.15) is 0 Å². The van der Waals surface area contributed by atoms with Crippen LogP contribution in [-0.4, -0.2) is 46.2 Å². The van der Waals surface area contributed by atoms with E-state index in [1.807, 2.05) is 23.1 Å². The number of nitrogens with zero attached hydrogens (tertiary/aromatic N) is 1. The van der Waals surface area contributed by atoms with Crippen molar-refractivity contribution in [1.82, 2.24) is 10.2 Å². The highest BCUT2D eigenvalue weighted by atomic mass is 19.4. The molecule has 0 radical (unpaired) electrons. The predicted molar refractivity (Wildman–Crippen MR) is 94.0 cm³/mol. The van der Waals surface area contributed by atoms with Crippen LogP contribution in [0.5, 0.6) is 0 Å². The minimum absolute atomic E-state index is 0.256. The van der Waals surface area contributed by atoms with Gasteiger partial charge >= 0.3 is 12.1 Å². The average molecular weight is 386 g/mol. The molecule has 0 saturated carbocycles. The molecular formula is C19H25F3N2O3. The Balaban J connectivity index is 0.000000321. The fourth-order valence-electron chi connectivity index (χ4n) is 3.67. The minimum Gasteiger partial charge on any atom is -0.475 e. The van der Waals surface area contributed by atoms with Crippen molar-refractivity contribution in [2.24, 2.45) is 0 Å². The van der Waals surface area contributed by atoms with Crippen molar-refractivity contribution in [1.29, 1.82) is 0 Å². The second-order valence-electron chi connectivity index (χ2n) is 6.99. The van der Waals surface area contributed by atoms with Crippen molar-refractivity contribution < 1.29 is 27.9 Å². The Hall–Kier alpha value is -2.09. The highest BCUT2D eigenvalue weighted by Gasteiger charge is 2.47. The molecule has 2 saturated heterocycles. The molecule has 5 nitrogen and oxygen atoms in total. The first kappa shape index (κ1) is 21.2. The highest BCUT2D eigenvalue weighted by Crippen LogP contribution is 2.34. The molecule has 2 aliphatic heterocycles. The third kappa shape index (κ3) is 5.45. The molecule has 0 bridgehead atoms. The number of halogens is 3. The molecule has 1 amide bonds. The lowest BCUT2D eigenvalue weighted by atomic mass is 9.86. The molecule has 1 aromatic carbocycles. The minimum atomic E-state index is -5.08. The van der Waals surface area contributed by atoms with Gasteiger partial charge < -0.3 is 15.3 Å². The van der Waals surface area contributed by atoms with Gasteiger partial charge in [0.05, 0.1) is 5.54 Å². The Kier molecular flexibility index (Phi) is 6.86. The summed E-state index contributed by atoms with van der Waals surface area (Å²) in [6.45, 7) is 3.85. The molecule has 2 fully saturated rings. The molecular weight excluding hydrogens is 361 g/mol. The first-order valence-corrected chi connectivity index (χ1v) is 9.09. The number of nitrogens with one attached hydrogen (secondary N) is 1. The number of amides is 1. The summed E-state index contributed by atoms with van der Waals surface area (Å²) in [6.07, 6.45) is 0.306. The summed E-state index contributed by atoms with van der Waals surface area (Å²) in [5, 5.41) is 10.8. The Morgan fingerprint density at radius 1 is 1.30 bits per heavy atom. The zero-order valence-electron chi connectivity index (χ0n) is 15.3. The molecule has 8 heteroatoms. The SMILES string of the molecule is CC[C@H]1CC[C@@]2(CCCN(Cc3ccccc3)C2=O)N1.O=C(O)C(F)(F)F. The number of benzene rings is 1. The van der Waals surface area contributed by atoms with E-state index in [9.17, 15) is 18.0 Å². The lowest BCUT2D eigenvalue weighted by Crippen LogP contribution is -2.59. The normalized spacial score (nSPS) is 25.3. The Labute approximate surface area is 156 Å². The number of carboxylic acids is 1. The van der Waals surface area contributed by atoms with Crippen molar-refractivity contribution >= 4 is 11.9 Å². The van der Waals surface area contributed by atoms with Crippen LogP contribution in [0.4, 0.5) is 13.2 Å². The summed E-state index contributed by atoms with van der Waals surface area (Å²) in [6, 6.07) is 10.8. The van der Waals surface area contributed by atoms with E-state index in [1.165, 1.54) is 5.56 Å². The van der Waals surface area contributed by atoms with Crippen LogP contribution in [0.15, 0.2) is 30.3 Å². The quantitative estimate of drug-likeness (QED) is 0.836. The molecule has 27 heavy (non-hydrogen) atoms. The number of hydrogen-bond donors (Lipinski definition) is 2. The van der Waals surface area contributed by atoms with Gasteiger partial charge in [0, 0.05) is 19.1 Å². The van der Waals surface area contributed by atoms with E-state index in [0.717, 1.165) is 45.2 Å². The number of piperidine rings is 1. The van der Waals surface area contributed by atoms with E-state index in [4.69, 9.17) is 9.90 Å². The molecule has 2 aliphatic rings. The molecule has 2 heterocycles. The van der Waals surface area contributed by atoms with Crippen LogP contribution in [0.2, 0.25) is 0 Å². The summed E-state index contributed by atoms with van der Waals surface area (Å²) in [5.74, 6) is -2.43. The van der Waals surface area contributed by atoms with Crippen LogP contribution in [0.3, 0.4) is 0 Å². The summed E-state index contributed by atoms with van der Waals surface area (Å²) < 4.78 is 31.7. The smallest absolute Gasteiger partial charge is 0.475 e. The second-order valence-corrected chi connectivity index (χ2v) is 6.99. The topological polar surface area (TPSA) is 69.6 Å². The van der Waals surface area contributed by atoms with Crippen LogP contribution >= 0.6 is 0 Å². The maximum atomic E-state index is 12.9. The zero-order valence-corrected chi connectivity index (χ0v) is 15.3. The summed E-state index contributed by atoms with van der Waals surface area (Å²) in [4.78, 5) is 23.8. The van der Waals surface area contributed by atoms with Crippen molar-refractivity contribution in [3.05, 3.63) is 35.9 Å². The van der Waals surface area contributed by atoms with Gasteiger partial charge in [-0.25, -0.2) is 4.79 Å². The molecule has 1 spiro atoms. The third-order valence-electron chi connectivity index (χ3n) is 5.08. The van der Waals surface area contributed by atoms with Crippen LogP contribution in [0.25, 0.3) is 0 Å². The number of carbonyl (C=O) groups excluding carboxylic acids is 1. The van der Waals surface area contributed by atoms with Gasteiger partial charge in [0.2, 0.25) is 5.91 Å². The Morgan fingerprint density at radius 3 is 2.44 bits per heavy atom. The lowest BCUT2D eigenvalue weighted by Gasteiger charge is -2.40. The van der Waals surface area contributed by atoms with Gasteiger partial charge in [0.25, 0.3) is 0 Å². The molecule has 0 aliphatic carbocycles. The maximum Gasteiger partial charge on any atom is 0.490 e. The molecule has 3 rings (SSSR count). The van der Waals surface area contributed by atoms with E-state index in [0.29, 0.717) is 11.9 Å². The predicted octanol–water partition coefficient (Wildman–Crippen LogP) is 3.34.